The molecule has 0 fully saturated rings. The highest BCUT2D eigenvalue weighted by atomic mass is 16.4. The molecule has 4 atom stereocenters. The Labute approximate surface area is 164 Å². The first-order chi connectivity index (χ1) is 13.3. The molecule has 0 aliphatic carbocycles. The minimum absolute atomic E-state index is 0.110. The summed E-state index contributed by atoms with van der Waals surface area (Å²) in [4.78, 5) is 36.3. The first kappa shape index (κ1) is 23.5. The van der Waals surface area contributed by atoms with Crippen molar-refractivity contribution < 1.29 is 24.6 Å². The van der Waals surface area contributed by atoms with Crippen molar-refractivity contribution in [1.82, 2.24) is 10.6 Å². The van der Waals surface area contributed by atoms with Crippen molar-refractivity contribution >= 4 is 17.8 Å². The number of hydrogen-bond donors (Lipinski definition) is 6. The molecule has 0 saturated carbocycles. The minimum atomic E-state index is -1.19. The number of aliphatic hydroxyl groups excluding tert-OH is 1. The van der Waals surface area contributed by atoms with Crippen LogP contribution in [0.5, 0.6) is 0 Å². The van der Waals surface area contributed by atoms with Gasteiger partial charge in [0, 0.05) is 6.42 Å². The molecular formula is C19H30N4O5. The van der Waals surface area contributed by atoms with Crippen LogP contribution in [0.15, 0.2) is 30.3 Å². The van der Waals surface area contributed by atoms with Gasteiger partial charge in [0.1, 0.15) is 18.1 Å². The van der Waals surface area contributed by atoms with Crippen molar-refractivity contribution in [3.05, 3.63) is 35.9 Å². The topological polar surface area (TPSA) is 168 Å². The predicted octanol–water partition coefficient (Wildman–Crippen LogP) is -0.880. The maximum absolute atomic E-state index is 12.6. The molecule has 28 heavy (non-hydrogen) atoms. The average molecular weight is 394 g/mol. The van der Waals surface area contributed by atoms with Gasteiger partial charge in [-0.2, -0.15) is 0 Å². The van der Waals surface area contributed by atoms with Gasteiger partial charge in [-0.25, -0.2) is 4.79 Å². The number of rotatable bonds is 12. The van der Waals surface area contributed by atoms with Gasteiger partial charge in [0.05, 0.1) is 6.10 Å². The molecule has 0 saturated heterocycles. The number of amides is 2. The van der Waals surface area contributed by atoms with Crippen molar-refractivity contribution in [3.63, 3.8) is 0 Å². The van der Waals surface area contributed by atoms with E-state index >= 15 is 0 Å². The van der Waals surface area contributed by atoms with Gasteiger partial charge in [-0.15, -0.1) is 0 Å². The summed E-state index contributed by atoms with van der Waals surface area (Å²) < 4.78 is 0. The van der Waals surface area contributed by atoms with Gasteiger partial charge in [0.2, 0.25) is 11.8 Å². The molecule has 1 aromatic rings. The Morgan fingerprint density at radius 1 is 1.04 bits per heavy atom. The van der Waals surface area contributed by atoms with E-state index in [1.54, 1.807) is 24.3 Å². The highest BCUT2D eigenvalue weighted by molar-refractivity contribution is 5.92. The van der Waals surface area contributed by atoms with Crippen LogP contribution >= 0.6 is 0 Å². The van der Waals surface area contributed by atoms with Gasteiger partial charge in [-0.3, -0.25) is 9.59 Å². The van der Waals surface area contributed by atoms with Crippen LogP contribution in [-0.2, 0) is 20.8 Å². The molecule has 0 radical (unpaired) electrons. The number of nitrogens with two attached hydrogens (primary N) is 2. The molecule has 9 heteroatoms. The van der Waals surface area contributed by atoms with Crippen molar-refractivity contribution in [2.75, 3.05) is 6.54 Å². The lowest BCUT2D eigenvalue weighted by Crippen LogP contribution is -2.56. The number of carboxylic acid groups (broad SMARTS) is 1. The number of carbonyl (C=O) groups is 3. The van der Waals surface area contributed by atoms with Crippen molar-refractivity contribution in [1.29, 1.82) is 0 Å². The second-order valence-corrected chi connectivity index (χ2v) is 6.70. The summed E-state index contributed by atoms with van der Waals surface area (Å²) in [5.41, 5.74) is 11.8. The summed E-state index contributed by atoms with van der Waals surface area (Å²) in [6.07, 6.45) is 0.513. The molecule has 2 amide bonds. The molecule has 0 spiro atoms. The lowest BCUT2D eigenvalue weighted by Gasteiger charge is -2.23. The lowest BCUT2D eigenvalue weighted by molar-refractivity contribution is -0.142. The van der Waals surface area contributed by atoms with E-state index in [0.29, 0.717) is 19.4 Å². The van der Waals surface area contributed by atoms with E-state index in [4.69, 9.17) is 11.5 Å². The minimum Gasteiger partial charge on any atom is -0.480 e. The Morgan fingerprint density at radius 2 is 1.64 bits per heavy atom. The first-order valence-corrected chi connectivity index (χ1v) is 9.27. The lowest BCUT2D eigenvalue weighted by atomic mass is 10.0. The van der Waals surface area contributed by atoms with Crippen molar-refractivity contribution in [2.24, 2.45) is 11.5 Å². The van der Waals surface area contributed by atoms with E-state index < -0.39 is 42.0 Å². The van der Waals surface area contributed by atoms with Crippen LogP contribution in [0.2, 0.25) is 0 Å². The largest absolute Gasteiger partial charge is 0.480 e. The highest BCUT2D eigenvalue weighted by Crippen LogP contribution is 2.06. The maximum Gasteiger partial charge on any atom is 0.326 e. The van der Waals surface area contributed by atoms with E-state index in [1.807, 2.05) is 6.07 Å². The van der Waals surface area contributed by atoms with E-state index in [2.05, 4.69) is 10.6 Å². The van der Waals surface area contributed by atoms with E-state index in [-0.39, 0.29) is 12.8 Å². The second kappa shape index (κ2) is 12.1. The van der Waals surface area contributed by atoms with Gasteiger partial charge in [-0.05, 0) is 38.3 Å². The smallest absolute Gasteiger partial charge is 0.326 e. The van der Waals surface area contributed by atoms with Crippen LogP contribution in [-0.4, -0.2) is 58.8 Å². The number of hydrogen-bond acceptors (Lipinski definition) is 6. The molecule has 1 rings (SSSR count). The zero-order chi connectivity index (χ0) is 21.1. The quantitative estimate of drug-likeness (QED) is 0.250. The number of aliphatic hydroxyl groups is 1. The van der Waals surface area contributed by atoms with Gasteiger partial charge in [0.15, 0.2) is 0 Å². The number of aliphatic carboxylic acids is 1. The zero-order valence-corrected chi connectivity index (χ0v) is 16.0. The third-order valence-electron chi connectivity index (χ3n) is 4.30. The number of unbranched alkanes of at least 4 members (excludes halogenated alkanes) is 1. The predicted molar refractivity (Wildman–Crippen MR) is 104 cm³/mol. The molecule has 0 unspecified atom stereocenters. The van der Waals surface area contributed by atoms with Gasteiger partial charge in [0.25, 0.3) is 0 Å². The molecule has 0 aromatic heterocycles. The summed E-state index contributed by atoms with van der Waals surface area (Å²) >= 11 is 0. The van der Waals surface area contributed by atoms with Crippen LogP contribution in [0.25, 0.3) is 0 Å². The fourth-order valence-electron chi connectivity index (χ4n) is 2.57. The third kappa shape index (κ3) is 8.03. The number of carbonyl (C=O) groups excluding carboxylic acids is 2. The molecule has 0 heterocycles. The van der Waals surface area contributed by atoms with Crippen molar-refractivity contribution in [3.8, 4) is 0 Å². The summed E-state index contributed by atoms with van der Waals surface area (Å²) in [6.45, 7) is 1.80. The van der Waals surface area contributed by atoms with Crippen LogP contribution in [0.4, 0.5) is 0 Å². The normalized spacial score (nSPS) is 15.1. The molecule has 0 bridgehead atoms. The second-order valence-electron chi connectivity index (χ2n) is 6.70. The van der Waals surface area contributed by atoms with Crippen LogP contribution in [0.3, 0.4) is 0 Å². The van der Waals surface area contributed by atoms with Crippen LogP contribution in [0.1, 0.15) is 31.7 Å². The Morgan fingerprint density at radius 3 is 2.18 bits per heavy atom. The summed E-state index contributed by atoms with van der Waals surface area (Å²) in [5, 5.41) is 23.9. The summed E-state index contributed by atoms with van der Waals surface area (Å²) in [7, 11) is 0. The maximum atomic E-state index is 12.6. The molecule has 9 nitrogen and oxygen atoms in total. The van der Waals surface area contributed by atoms with Gasteiger partial charge < -0.3 is 32.3 Å². The molecular weight excluding hydrogens is 364 g/mol. The SMILES string of the molecule is C[C@@H](O)[C@H](N)C(=O)N[C@@H](CCCCN)C(=O)N[C@@H](Cc1ccccc1)C(=O)O. The third-order valence-corrected chi connectivity index (χ3v) is 4.30. The molecule has 0 aliphatic rings. The Kier molecular flexibility index (Phi) is 10.1. The van der Waals surface area contributed by atoms with E-state index in [9.17, 15) is 24.6 Å². The zero-order valence-electron chi connectivity index (χ0n) is 16.0. The van der Waals surface area contributed by atoms with Crippen LogP contribution in [0, 0.1) is 0 Å². The van der Waals surface area contributed by atoms with E-state index in [0.717, 1.165) is 5.56 Å². The number of benzene rings is 1. The Balaban J connectivity index is 2.83. The highest BCUT2D eigenvalue weighted by Gasteiger charge is 2.28. The molecule has 0 aliphatic heterocycles. The fraction of sp³-hybridized carbons (Fsp3) is 0.526. The number of nitrogens with one attached hydrogen (secondary N) is 2. The standard InChI is InChI=1S/C19H30N4O5/c1-12(24)16(21)18(26)22-14(9-5-6-10-20)17(25)23-15(19(27)28)11-13-7-3-2-4-8-13/h2-4,7-8,12,14-16,24H,5-6,9-11,20-21H2,1H3,(H,22,26)(H,23,25)(H,27,28)/t12-,14+,15+,16+/m1/s1. The first-order valence-electron chi connectivity index (χ1n) is 9.27. The Hall–Kier alpha value is -2.49. The van der Waals surface area contributed by atoms with Crippen molar-refractivity contribution in [2.45, 2.75) is 56.8 Å². The summed E-state index contributed by atoms with van der Waals surface area (Å²) in [5.74, 6) is -2.48. The molecule has 156 valence electrons. The fourth-order valence-corrected chi connectivity index (χ4v) is 2.57. The number of carboxylic acids is 1. The molecule has 8 N–H and O–H groups in total. The monoisotopic (exact) mass is 394 g/mol. The Bertz CT molecular complexity index is 638. The van der Waals surface area contributed by atoms with Gasteiger partial charge in [-0.1, -0.05) is 30.3 Å². The van der Waals surface area contributed by atoms with Crippen LogP contribution < -0.4 is 22.1 Å². The summed E-state index contributed by atoms with van der Waals surface area (Å²) in [6, 6.07) is 5.60. The van der Waals surface area contributed by atoms with Gasteiger partial charge >= 0.3 is 5.97 Å². The average Bonchev–Trinajstić information content (AvgIpc) is 2.66. The van der Waals surface area contributed by atoms with E-state index in [1.165, 1.54) is 6.92 Å². The molecule has 1 aromatic carbocycles.